The van der Waals surface area contributed by atoms with E-state index in [9.17, 15) is 13.2 Å². The van der Waals surface area contributed by atoms with Crippen LogP contribution in [0.15, 0.2) is 53.4 Å². The van der Waals surface area contributed by atoms with Gasteiger partial charge in [0.15, 0.2) is 0 Å². The fourth-order valence-electron chi connectivity index (χ4n) is 6.58. The zero-order valence-corrected chi connectivity index (χ0v) is 19.0. The lowest BCUT2D eigenvalue weighted by Gasteiger charge is -2.57. The molecule has 6 heteroatoms. The Balaban J connectivity index is 1.32. The van der Waals surface area contributed by atoms with Gasteiger partial charge in [0.2, 0.25) is 10.0 Å². The maximum Gasteiger partial charge on any atom is 0.255 e. The molecule has 4 aliphatic carbocycles. The molecule has 4 aliphatic rings. The molecule has 2 aromatic carbocycles. The van der Waals surface area contributed by atoms with E-state index in [1.165, 1.54) is 70.3 Å². The van der Waals surface area contributed by atoms with Gasteiger partial charge in [0, 0.05) is 25.3 Å². The minimum atomic E-state index is -3.58. The third-order valence-electron chi connectivity index (χ3n) is 7.67. The van der Waals surface area contributed by atoms with E-state index in [1.807, 2.05) is 12.1 Å². The van der Waals surface area contributed by atoms with Gasteiger partial charge in [-0.25, -0.2) is 12.7 Å². The quantitative estimate of drug-likeness (QED) is 0.738. The third kappa shape index (κ3) is 3.70. The minimum Gasteiger partial charge on any atom is -0.322 e. The van der Waals surface area contributed by atoms with Crippen LogP contribution in [0.25, 0.3) is 0 Å². The van der Waals surface area contributed by atoms with Crippen molar-refractivity contribution in [3.8, 4) is 0 Å². The normalized spacial score (nSPS) is 29.3. The fraction of sp³-hybridized carbons (Fsp3) is 0.480. The van der Waals surface area contributed by atoms with Gasteiger partial charge >= 0.3 is 0 Å². The first-order valence-electron chi connectivity index (χ1n) is 11.2. The molecule has 0 aliphatic heterocycles. The minimum absolute atomic E-state index is 0.113. The molecule has 1 amide bonds. The number of carbonyl (C=O) groups excluding carboxylic acids is 1. The highest BCUT2D eigenvalue weighted by Gasteiger charge is 2.51. The highest BCUT2D eigenvalue weighted by atomic mass is 32.2. The van der Waals surface area contributed by atoms with Crippen molar-refractivity contribution in [2.75, 3.05) is 19.4 Å². The van der Waals surface area contributed by atoms with Crippen LogP contribution in [0, 0.1) is 17.8 Å². The molecule has 4 saturated carbocycles. The Morgan fingerprint density at radius 1 is 0.935 bits per heavy atom. The van der Waals surface area contributed by atoms with Gasteiger partial charge in [-0.1, -0.05) is 18.2 Å². The lowest BCUT2D eigenvalue weighted by molar-refractivity contribution is -0.00518. The fourth-order valence-corrected chi connectivity index (χ4v) is 7.53. The van der Waals surface area contributed by atoms with E-state index >= 15 is 0 Å². The van der Waals surface area contributed by atoms with Crippen LogP contribution in [-0.4, -0.2) is 32.7 Å². The van der Waals surface area contributed by atoms with Crippen LogP contribution >= 0.6 is 0 Å². The molecule has 0 heterocycles. The molecule has 0 aromatic heterocycles. The standard InChI is InChI=1S/C25H30N2O3S/c1-27(2)31(29,30)23-5-3-4-20(13-23)24(28)26-22-8-6-21(7-9-22)25-14-17-10-18(15-25)12-19(11-17)16-25/h3-9,13,17-19H,10-12,14-16H2,1-2H3,(H,26,28). The van der Waals surface area contributed by atoms with Gasteiger partial charge in [0.05, 0.1) is 4.90 Å². The molecular formula is C25H30N2O3S. The van der Waals surface area contributed by atoms with Gasteiger partial charge in [-0.2, -0.15) is 0 Å². The average Bonchev–Trinajstić information content (AvgIpc) is 2.73. The smallest absolute Gasteiger partial charge is 0.255 e. The monoisotopic (exact) mass is 438 g/mol. The summed E-state index contributed by atoms with van der Waals surface area (Å²) < 4.78 is 25.9. The number of sulfonamides is 1. The summed E-state index contributed by atoms with van der Waals surface area (Å²) in [6.45, 7) is 0. The van der Waals surface area contributed by atoms with Crippen LogP contribution in [0.2, 0.25) is 0 Å². The van der Waals surface area contributed by atoms with E-state index in [1.54, 1.807) is 12.1 Å². The molecule has 4 bridgehead atoms. The Kier molecular flexibility index (Phi) is 4.98. The molecule has 31 heavy (non-hydrogen) atoms. The molecule has 0 unspecified atom stereocenters. The van der Waals surface area contributed by atoms with Crippen LogP contribution in [0.3, 0.4) is 0 Å². The van der Waals surface area contributed by atoms with Crippen LogP contribution in [0.4, 0.5) is 5.69 Å². The summed E-state index contributed by atoms with van der Waals surface area (Å²) in [5.41, 5.74) is 2.82. The summed E-state index contributed by atoms with van der Waals surface area (Å²) in [4.78, 5) is 12.9. The molecule has 0 spiro atoms. The van der Waals surface area contributed by atoms with E-state index in [2.05, 4.69) is 17.4 Å². The van der Waals surface area contributed by atoms with Crippen LogP contribution < -0.4 is 5.32 Å². The molecule has 5 nitrogen and oxygen atoms in total. The predicted octanol–water partition coefficient (Wildman–Crippen LogP) is 4.66. The molecule has 4 fully saturated rings. The second-order valence-corrected chi connectivity index (χ2v) is 12.2. The van der Waals surface area contributed by atoms with Gasteiger partial charge in [-0.05, 0) is 97.6 Å². The molecule has 6 rings (SSSR count). The van der Waals surface area contributed by atoms with E-state index < -0.39 is 10.0 Å². The van der Waals surface area contributed by atoms with Crippen LogP contribution in [0.5, 0.6) is 0 Å². The third-order valence-corrected chi connectivity index (χ3v) is 9.48. The number of nitrogens with one attached hydrogen (secondary N) is 1. The number of rotatable bonds is 5. The lowest BCUT2D eigenvalue weighted by Crippen LogP contribution is -2.48. The van der Waals surface area contributed by atoms with E-state index in [4.69, 9.17) is 0 Å². The van der Waals surface area contributed by atoms with Crippen molar-refractivity contribution in [2.45, 2.75) is 48.8 Å². The summed E-state index contributed by atoms with van der Waals surface area (Å²) in [6, 6.07) is 14.5. The van der Waals surface area contributed by atoms with Gasteiger partial charge in [0.1, 0.15) is 0 Å². The van der Waals surface area contributed by atoms with Crippen molar-refractivity contribution in [3.05, 3.63) is 59.7 Å². The first-order valence-corrected chi connectivity index (χ1v) is 12.6. The zero-order valence-electron chi connectivity index (χ0n) is 18.2. The van der Waals surface area contributed by atoms with Gasteiger partial charge in [-0.15, -0.1) is 0 Å². The Morgan fingerprint density at radius 3 is 2.06 bits per heavy atom. The van der Waals surface area contributed by atoms with Crippen LogP contribution in [-0.2, 0) is 15.4 Å². The van der Waals surface area contributed by atoms with E-state index in [-0.39, 0.29) is 10.8 Å². The maximum atomic E-state index is 12.8. The molecule has 0 saturated heterocycles. The maximum absolute atomic E-state index is 12.8. The molecule has 2 aromatic rings. The summed E-state index contributed by atoms with van der Waals surface area (Å²) >= 11 is 0. The number of hydrogen-bond donors (Lipinski definition) is 1. The highest BCUT2D eigenvalue weighted by Crippen LogP contribution is 2.60. The Morgan fingerprint density at radius 2 is 1.52 bits per heavy atom. The Bertz CT molecular complexity index is 1070. The number of anilines is 1. The lowest BCUT2D eigenvalue weighted by atomic mass is 9.48. The van der Waals surface area contributed by atoms with Crippen LogP contribution in [0.1, 0.15) is 54.4 Å². The topological polar surface area (TPSA) is 66.5 Å². The van der Waals surface area contributed by atoms with Gasteiger partial charge in [0.25, 0.3) is 5.91 Å². The number of hydrogen-bond acceptors (Lipinski definition) is 3. The van der Waals surface area contributed by atoms with Crippen molar-refractivity contribution >= 4 is 21.6 Å². The van der Waals surface area contributed by atoms with Crippen molar-refractivity contribution in [1.82, 2.24) is 4.31 Å². The molecule has 1 N–H and O–H groups in total. The van der Waals surface area contributed by atoms with Crippen molar-refractivity contribution in [3.63, 3.8) is 0 Å². The first kappa shape index (κ1) is 20.7. The van der Waals surface area contributed by atoms with Crippen molar-refractivity contribution < 1.29 is 13.2 Å². The van der Waals surface area contributed by atoms with E-state index in [0.717, 1.165) is 27.7 Å². The number of amides is 1. The van der Waals surface area contributed by atoms with E-state index in [0.29, 0.717) is 11.0 Å². The van der Waals surface area contributed by atoms with Gasteiger partial charge in [-0.3, -0.25) is 4.79 Å². The largest absolute Gasteiger partial charge is 0.322 e. The highest BCUT2D eigenvalue weighted by molar-refractivity contribution is 7.89. The number of benzene rings is 2. The Labute approximate surface area is 184 Å². The number of nitrogens with zero attached hydrogens (tertiary/aromatic N) is 1. The molecular weight excluding hydrogens is 408 g/mol. The summed E-state index contributed by atoms with van der Waals surface area (Å²) in [5.74, 6) is 2.39. The Hall–Kier alpha value is -2.18. The first-order chi connectivity index (χ1) is 14.7. The SMILES string of the molecule is CN(C)S(=O)(=O)c1cccc(C(=O)Nc2ccc(C34CC5CC(CC(C5)C3)C4)cc2)c1. The second kappa shape index (κ2) is 7.45. The number of carbonyl (C=O) groups is 1. The second-order valence-electron chi connectivity index (χ2n) is 10.0. The molecule has 164 valence electrons. The van der Waals surface area contributed by atoms with Gasteiger partial charge < -0.3 is 5.32 Å². The van der Waals surface area contributed by atoms with Crippen molar-refractivity contribution in [1.29, 1.82) is 0 Å². The van der Waals surface area contributed by atoms with Crippen molar-refractivity contribution in [2.24, 2.45) is 17.8 Å². The predicted molar refractivity (Wildman–Crippen MR) is 122 cm³/mol. The molecule has 0 radical (unpaired) electrons. The average molecular weight is 439 g/mol. The summed E-state index contributed by atoms with van der Waals surface area (Å²) in [5, 5.41) is 2.92. The molecule has 0 atom stereocenters. The summed E-state index contributed by atoms with van der Waals surface area (Å²) in [6.07, 6.45) is 8.23. The zero-order chi connectivity index (χ0) is 21.8. The summed E-state index contributed by atoms with van der Waals surface area (Å²) in [7, 11) is -0.621.